The average molecular weight is 442 g/mol. The van der Waals surface area contributed by atoms with Crippen LogP contribution in [0.15, 0.2) is 12.2 Å². The molecule has 0 spiro atoms. The number of hydrogen-bond donors (Lipinski definition) is 0. The van der Waals surface area contributed by atoms with Gasteiger partial charge in [-0.3, -0.25) is 0 Å². The van der Waals surface area contributed by atoms with Crippen molar-refractivity contribution in [1.29, 1.82) is 0 Å². The van der Waals surface area contributed by atoms with Gasteiger partial charge in [-0.1, -0.05) is 83.3 Å². The molecule has 0 amide bonds. The Morgan fingerprint density at radius 3 is 1.52 bits per heavy atom. The van der Waals surface area contributed by atoms with Crippen LogP contribution >= 0.6 is 0 Å². The first-order valence-electron chi connectivity index (χ1n) is 9.62. The molecular weight excluding hydrogens is 405 g/mol. The maximum absolute atomic E-state index is 10.2. The Kier molecular flexibility index (Phi) is 26.8. The molecule has 0 atom stereocenters. The molecular formula is C20H37CsO2. The van der Waals surface area contributed by atoms with Crippen molar-refractivity contribution in [1.82, 2.24) is 0 Å². The molecule has 0 N–H and O–H groups in total. The molecule has 0 saturated carbocycles. The first-order chi connectivity index (χ1) is 10.8. The van der Waals surface area contributed by atoms with Crippen LogP contribution in [0.1, 0.15) is 110 Å². The van der Waals surface area contributed by atoms with Crippen molar-refractivity contribution in [3.63, 3.8) is 0 Å². The molecule has 0 aromatic rings. The fourth-order valence-corrected chi connectivity index (χ4v) is 2.69. The van der Waals surface area contributed by atoms with E-state index in [-0.39, 0.29) is 75.3 Å². The van der Waals surface area contributed by atoms with Gasteiger partial charge in [-0.2, -0.15) is 0 Å². The van der Waals surface area contributed by atoms with Crippen molar-refractivity contribution in [3.05, 3.63) is 12.2 Å². The van der Waals surface area contributed by atoms with Gasteiger partial charge < -0.3 is 9.90 Å². The second-order valence-corrected chi connectivity index (χ2v) is 6.41. The third kappa shape index (κ3) is 25.6. The summed E-state index contributed by atoms with van der Waals surface area (Å²) in [6.07, 6.45) is 23.8. The third-order valence-electron chi connectivity index (χ3n) is 4.14. The van der Waals surface area contributed by atoms with E-state index in [9.17, 15) is 9.90 Å². The molecule has 0 aromatic carbocycles. The Hall–Kier alpha value is 1.26. The minimum Gasteiger partial charge on any atom is -0.550 e. The summed E-state index contributed by atoms with van der Waals surface area (Å²) in [5, 5.41) is 10.2. The Labute approximate surface area is 203 Å². The van der Waals surface area contributed by atoms with Gasteiger partial charge >= 0.3 is 68.9 Å². The minimum atomic E-state index is -0.909. The van der Waals surface area contributed by atoms with Crippen molar-refractivity contribution >= 4 is 5.97 Å². The van der Waals surface area contributed by atoms with Crippen LogP contribution in [-0.4, -0.2) is 5.97 Å². The summed E-state index contributed by atoms with van der Waals surface area (Å²) in [5.41, 5.74) is 0. The summed E-state index contributed by atoms with van der Waals surface area (Å²) in [6, 6.07) is 0. The van der Waals surface area contributed by atoms with Crippen LogP contribution in [-0.2, 0) is 4.79 Å². The molecule has 0 fully saturated rings. The maximum atomic E-state index is 10.2. The number of carbonyl (C=O) groups excluding carboxylic acids is 1. The van der Waals surface area contributed by atoms with Gasteiger partial charge in [0.1, 0.15) is 0 Å². The molecule has 0 aliphatic rings. The summed E-state index contributed by atoms with van der Waals surface area (Å²) < 4.78 is 0. The zero-order valence-electron chi connectivity index (χ0n) is 15.8. The van der Waals surface area contributed by atoms with Gasteiger partial charge in [-0.05, 0) is 38.5 Å². The Balaban J connectivity index is 0. The molecule has 0 bridgehead atoms. The molecule has 0 aliphatic carbocycles. The van der Waals surface area contributed by atoms with Crippen LogP contribution in [0.3, 0.4) is 0 Å². The van der Waals surface area contributed by atoms with Gasteiger partial charge in [0.15, 0.2) is 0 Å². The Bertz CT molecular complexity index is 264. The first kappa shape index (κ1) is 26.5. The van der Waals surface area contributed by atoms with Crippen molar-refractivity contribution in [3.8, 4) is 0 Å². The number of aliphatic carboxylic acids is 1. The van der Waals surface area contributed by atoms with E-state index in [2.05, 4.69) is 19.1 Å². The summed E-state index contributed by atoms with van der Waals surface area (Å²) in [7, 11) is 0. The van der Waals surface area contributed by atoms with Gasteiger partial charge in [-0.25, -0.2) is 0 Å². The van der Waals surface area contributed by atoms with E-state index < -0.39 is 5.97 Å². The standard InChI is InChI=1S/C20H38O2.Cs/c1-2-3-4-5-6-7-8-9-10-11-12-13-14-15-16-17-18-19-20(21)22;/h9-10H,2-8,11-19H2,1H3,(H,21,22);/q;+1/p-1/b10-9-;. The fraction of sp³-hybridized carbons (Fsp3) is 0.850. The fourth-order valence-electron chi connectivity index (χ4n) is 2.69. The predicted octanol–water partition coefficient (Wildman–Crippen LogP) is 2.56. The Morgan fingerprint density at radius 2 is 1.09 bits per heavy atom. The van der Waals surface area contributed by atoms with Crippen LogP contribution in [0.5, 0.6) is 0 Å². The average Bonchev–Trinajstić information content (AvgIpc) is 2.50. The van der Waals surface area contributed by atoms with E-state index in [4.69, 9.17) is 0 Å². The topological polar surface area (TPSA) is 40.1 Å². The van der Waals surface area contributed by atoms with Gasteiger partial charge in [-0.15, -0.1) is 0 Å². The quantitative estimate of drug-likeness (QED) is 0.257. The van der Waals surface area contributed by atoms with Gasteiger partial charge in [0.2, 0.25) is 0 Å². The van der Waals surface area contributed by atoms with Crippen molar-refractivity contribution in [2.75, 3.05) is 0 Å². The number of carbonyl (C=O) groups is 1. The van der Waals surface area contributed by atoms with E-state index in [0.29, 0.717) is 0 Å². The number of allylic oxidation sites excluding steroid dienone is 2. The summed E-state index contributed by atoms with van der Waals surface area (Å²) in [5.74, 6) is -0.909. The zero-order chi connectivity index (χ0) is 16.3. The molecule has 2 nitrogen and oxygen atoms in total. The van der Waals surface area contributed by atoms with Crippen LogP contribution in [0.25, 0.3) is 0 Å². The van der Waals surface area contributed by atoms with Crippen LogP contribution in [0.4, 0.5) is 0 Å². The SMILES string of the molecule is CCCCCCCC/C=C\CCCCCCCCCC(=O)[O-].[Cs+]. The van der Waals surface area contributed by atoms with E-state index >= 15 is 0 Å². The Morgan fingerprint density at radius 1 is 0.696 bits per heavy atom. The maximum Gasteiger partial charge on any atom is 1.00 e. The number of rotatable bonds is 17. The normalized spacial score (nSPS) is 10.8. The zero-order valence-corrected chi connectivity index (χ0v) is 22.1. The molecule has 0 aromatic heterocycles. The third-order valence-corrected chi connectivity index (χ3v) is 4.14. The molecule has 0 radical (unpaired) electrons. The van der Waals surface area contributed by atoms with Crippen molar-refractivity contribution in [2.45, 2.75) is 110 Å². The second kappa shape index (κ2) is 23.3. The first-order valence-corrected chi connectivity index (χ1v) is 9.62. The van der Waals surface area contributed by atoms with Gasteiger partial charge in [0, 0.05) is 5.97 Å². The van der Waals surface area contributed by atoms with E-state index in [1.807, 2.05) is 0 Å². The van der Waals surface area contributed by atoms with E-state index in [1.165, 1.54) is 83.5 Å². The van der Waals surface area contributed by atoms with Crippen LogP contribution in [0, 0.1) is 0 Å². The molecule has 23 heavy (non-hydrogen) atoms. The van der Waals surface area contributed by atoms with Gasteiger partial charge in [0.05, 0.1) is 0 Å². The summed E-state index contributed by atoms with van der Waals surface area (Å²) in [4.78, 5) is 10.2. The molecule has 0 heterocycles. The van der Waals surface area contributed by atoms with E-state index in [1.54, 1.807) is 0 Å². The van der Waals surface area contributed by atoms with Gasteiger partial charge in [0.25, 0.3) is 0 Å². The van der Waals surface area contributed by atoms with Crippen LogP contribution in [0.2, 0.25) is 0 Å². The van der Waals surface area contributed by atoms with Crippen molar-refractivity contribution in [2.24, 2.45) is 0 Å². The molecule has 0 unspecified atom stereocenters. The molecule has 130 valence electrons. The minimum absolute atomic E-state index is 0. The van der Waals surface area contributed by atoms with Crippen molar-refractivity contribution < 1.29 is 78.8 Å². The number of carboxylic acid groups (broad SMARTS) is 1. The smallest absolute Gasteiger partial charge is 0.550 e. The largest absolute Gasteiger partial charge is 1.00 e. The molecule has 3 heteroatoms. The second-order valence-electron chi connectivity index (χ2n) is 6.41. The van der Waals surface area contributed by atoms with E-state index in [0.717, 1.165) is 12.8 Å². The number of unbranched alkanes of at least 4 members (excludes halogenated alkanes) is 13. The molecule has 0 rings (SSSR count). The summed E-state index contributed by atoms with van der Waals surface area (Å²) >= 11 is 0. The molecule has 0 saturated heterocycles. The monoisotopic (exact) mass is 442 g/mol. The number of carboxylic acids is 1. The number of hydrogen-bond acceptors (Lipinski definition) is 2. The summed E-state index contributed by atoms with van der Waals surface area (Å²) in [6.45, 7) is 2.26. The van der Waals surface area contributed by atoms with Crippen LogP contribution < -0.4 is 74.0 Å². The predicted molar refractivity (Wildman–Crippen MR) is 93.7 cm³/mol. The molecule has 0 aliphatic heterocycles.